The number of aromatic nitrogens is 1. The zero-order chi connectivity index (χ0) is 14.5. The number of pyridine rings is 1. The largest absolute Gasteiger partial charge is 0.364 e. The van der Waals surface area contributed by atoms with Crippen LogP contribution in [-0.2, 0) is 6.42 Å². The van der Waals surface area contributed by atoms with Gasteiger partial charge in [0.1, 0.15) is 0 Å². The highest BCUT2D eigenvalue weighted by Crippen LogP contribution is 2.21. The van der Waals surface area contributed by atoms with E-state index in [2.05, 4.69) is 16.4 Å². The predicted octanol–water partition coefficient (Wildman–Crippen LogP) is 3.26. The van der Waals surface area contributed by atoms with Crippen molar-refractivity contribution in [3.8, 4) is 0 Å². The second-order valence-electron chi connectivity index (χ2n) is 4.74. The molecule has 1 aromatic carbocycles. The summed E-state index contributed by atoms with van der Waals surface area (Å²) in [6.07, 6.45) is 0.800. The van der Waals surface area contributed by atoms with Crippen molar-refractivity contribution in [1.82, 2.24) is 4.98 Å². The Hall–Kier alpha value is -2.43. The summed E-state index contributed by atoms with van der Waals surface area (Å²) in [7, 11) is 0. The molecule has 0 saturated carbocycles. The van der Waals surface area contributed by atoms with Crippen LogP contribution >= 0.6 is 0 Å². The number of hydrogen-bond acceptors (Lipinski definition) is 4. The van der Waals surface area contributed by atoms with Gasteiger partial charge in [-0.25, -0.2) is 4.98 Å². The number of nitro groups is 1. The maximum absolute atomic E-state index is 10.9. The number of aryl methyl sites for hydroxylation is 2. The van der Waals surface area contributed by atoms with Gasteiger partial charge in [-0.15, -0.1) is 0 Å². The summed E-state index contributed by atoms with van der Waals surface area (Å²) in [6, 6.07) is 11.3. The molecule has 0 aliphatic heterocycles. The topological polar surface area (TPSA) is 68.1 Å². The van der Waals surface area contributed by atoms with E-state index in [9.17, 15) is 10.1 Å². The Balaban J connectivity index is 2.04. The Morgan fingerprint density at radius 3 is 2.75 bits per heavy atom. The van der Waals surface area contributed by atoms with Gasteiger partial charge in [0, 0.05) is 18.3 Å². The van der Waals surface area contributed by atoms with E-state index in [1.165, 1.54) is 17.2 Å². The fraction of sp³-hybridized carbons (Fsp3) is 0.267. The number of nitrogens with one attached hydrogen (secondary N) is 1. The lowest BCUT2D eigenvalue weighted by Crippen LogP contribution is -2.09. The van der Waals surface area contributed by atoms with Crippen LogP contribution in [0.15, 0.2) is 36.4 Å². The maximum Gasteiger partial charge on any atom is 0.311 e. The third-order valence-corrected chi connectivity index (χ3v) is 3.00. The average Bonchev–Trinajstić information content (AvgIpc) is 2.38. The van der Waals surface area contributed by atoms with Crippen molar-refractivity contribution in [3.05, 3.63) is 63.3 Å². The van der Waals surface area contributed by atoms with Crippen molar-refractivity contribution < 1.29 is 4.92 Å². The second kappa shape index (κ2) is 6.14. The van der Waals surface area contributed by atoms with Gasteiger partial charge in [0.25, 0.3) is 0 Å². The van der Waals surface area contributed by atoms with Gasteiger partial charge >= 0.3 is 5.69 Å². The Bertz CT molecular complexity index is 626. The Morgan fingerprint density at radius 1 is 1.25 bits per heavy atom. The third-order valence-electron chi connectivity index (χ3n) is 3.00. The van der Waals surface area contributed by atoms with Gasteiger partial charge in [-0.3, -0.25) is 10.1 Å². The number of rotatable bonds is 5. The summed E-state index contributed by atoms with van der Waals surface area (Å²) < 4.78 is 0. The number of nitrogens with zero attached hydrogens (tertiary/aromatic N) is 2. The second-order valence-corrected chi connectivity index (χ2v) is 4.74. The molecule has 104 valence electrons. The molecule has 20 heavy (non-hydrogen) atoms. The smallest absolute Gasteiger partial charge is 0.311 e. The molecule has 0 atom stereocenters. The van der Waals surface area contributed by atoms with Crippen LogP contribution < -0.4 is 5.32 Å². The number of hydrogen-bond donors (Lipinski definition) is 1. The normalized spacial score (nSPS) is 10.3. The van der Waals surface area contributed by atoms with E-state index in [4.69, 9.17) is 0 Å². The molecule has 1 aromatic heterocycles. The molecule has 0 aliphatic carbocycles. The van der Waals surface area contributed by atoms with Crippen LogP contribution in [0.5, 0.6) is 0 Å². The van der Waals surface area contributed by atoms with E-state index in [1.807, 2.05) is 32.0 Å². The van der Waals surface area contributed by atoms with E-state index in [0.717, 1.165) is 12.1 Å². The number of benzene rings is 1. The minimum atomic E-state index is -0.415. The first kappa shape index (κ1) is 14.0. The molecule has 0 saturated heterocycles. The molecular weight excluding hydrogens is 254 g/mol. The van der Waals surface area contributed by atoms with Gasteiger partial charge in [-0.05, 0) is 31.9 Å². The molecular formula is C15H17N3O2. The van der Waals surface area contributed by atoms with Crippen molar-refractivity contribution in [1.29, 1.82) is 0 Å². The molecule has 1 heterocycles. The summed E-state index contributed by atoms with van der Waals surface area (Å²) in [5, 5.41) is 14.0. The lowest BCUT2D eigenvalue weighted by molar-refractivity contribution is -0.384. The monoisotopic (exact) mass is 271 g/mol. The summed E-state index contributed by atoms with van der Waals surface area (Å²) in [5.74, 6) is 0.336. The Labute approximate surface area is 117 Å². The van der Waals surface area contributed by atoms with Gasteiger partial charge in [-0.2, -0.15) is 0 Å². The van der Waals surface area contributed by atoms with Crippen LogP contribution in [-0.4, -0.2) is 16.5 Å². The molecule has 2 rings (SSSR count). The van der Waals surface area contributed by atoms with E-state index >= 15 is 0 Å². The zero-order valence-corrected chi connectivity index (χ0v) is 11.6. The minimum Gasteiger partial charge on any atom is -0.364 e. The first-order valence-corrected chi connectivity index (χ1v) is 6.48. The van der Waals surface area contributed by atoms with Crippen LogP contribution in [0.25, 0.3) is 0 Å². The van der Waals surface area contributed by atoms with Crippen molar-refractivity contribution >= 4 is 11.5 Å². The molecule has 0 radical (unpaired) electrons. The van der Waals surface area contributed by atoms with E-state index in [0.29, 0.717) is 12.4 Å². The van der Waals surface area contributed by atoms with Crippen molar-refractivity contribution in [2.24, 2.45) is 0 Å². The highest BCUT2D eigenvalue weighted by atomic mass is 16.6. The van der Waals surface area contributed by atoms with Crippen molar-refractivity contribution in [2.45, 2.75) is 20.3 Å². The number of anilines is 1. The maximum atomic E-state index is 10.9. The fourth-order valence-electron chi connectivity index (χ4n) is 2.02. The average molecular weight is 271 g/mol. The summed E-state index contributed by atoms with van der Waals surface area (Å²) in [4.78, 5) is 14.7. The first-order valence-electron chi connectivity index (χ1n) is 6.48. The molecule has 1 N–H and O–H groups in total. The summed E-state index contributed by atoms with van der Waals surface area (Å²) in [6.45, 7) is 4.47. The molecule has 0 amide bonds. The molecule has 0 aliphatic rings. The molecule has 5 heteroatoms. The van der Waals surface area contributed by atoms with Crippen LogP contribution in [0.1, 0.15) is 16.8 Å². The lowest BCUT2D eigenvalue weighted by atomic mass is 10.1. The SMILES string of the molecule is Cc1cccc(CCNc2nc(C)ccc2[N+](=O)[O-])c1. The van der Waals surface area contributed by atoms with Gasteiger partial charge in [0.05, 0.1) is 4.92 Å². The van der Waals surface area contributed by atoms with Gasteiger partial charge in [0.15, 0.2) is 0 Å². The molecule has 0 unspecified atom stereocenters. The zero-order valence-electron chi connectivity index (χ0n) is 11.6. The lowest BCUT2D eigenvalue weighted by Gasteiger charge is -2.07. The first-order chi connectivity index (χ1) is 9.56. The minimum absolute atomic E-state index is 0.0137. The third kappa shape index (κ3) is 3.54. The quantitative estimate of drug-likeness (QED) is 0.669. The van der Waals surface area contributed by atoms with Crippen LogP contribution in [0.3, 0.4) is 0 Å². The van der Waals surface area contributed by atoms with E-state index < -0.39 is 4.92 Å². The highest BCUT2D eigenvalue weighted by Gasteiger charge is 2.14. The van der Waals surface area contributed by atoms with Gasteiger partial charge in [-0.1, -0.05) is 29.8 Å². The van der Waals surface area contributed by atoms with E-state index in [1.54, 1.807) is 6.07 Å². The van der Waals surface area contributed by atoms with Gasteiger partial charge in [0.2, 0.25) is 5.82 Å². The summed E-state index contributed by atoms with van der Waals surface area (Å²) in [5.41, 5.74) is 3.18. The predicted molar refractivity (Wildman–Crippen MR) is 79.0 cm³/mol. The van der Waals surface area contributed by atoms with Crippen LogP contribution in [0.2, 0.25) is 0 Å². The van der Waals surface area contributed by atoms with E-state index in [-0.39, 0.29) is 5.69 Å². The molecule has 2 aromatic rings. The molecule has 5 nitrogen and oxygen atoms in total. The Kier molecular flexibility index (Phi) is 4.30. The molecule has 0 bridgehead atoms. The van der Waals surface area contributed by atoms with Crippen molar-refractivity contribution in [3.63, 3.8) is 0 Å². The Morgan fingerprint density at radius 2 is 2.05 bits per heavy atom. The van der Waals surface area contributed by atoms with Crippen LogP contribution in [0.4, 0.5) is 11.5 Å². The summed E-state index contributed by atoms with van der Waals surface area (Å²) >= 11 is 0. The molecule has 0 spiro atoms. The molecule has 0 fully saturated rings. The standard InChI is InChI=1S/C15H17N3O2/c1-11-4-3-5-13(10-11)8-9-16-15-14(18(19)20)7-6-12(2)17-15/h3-7,10H,8-9H2,1-2H3,(H,16,17). The van der Waals surface area contributed by atoms with Gasteiger partial charge < -0.3 is 5.32 Å². The van der Waals surface area contributed by atoms with Crippen LogP contribution in [0, 0.1) is 24.0 Å². The fourth-order valence-corrected chi connectivity index (χ4v) is 2.02. The highest BCUT2D eigenvalue weighted by molar-refractivity contribution is 5.56. The van der Waals surface area contributed by atoms with Crippen molar-refractivity contribution in [2.75, 3.05) is 11.9 Å².